The maximum absolute atomic E-state index is 14.2. The molecule has 218 valence electrons. The number of likely N-dealkylation sites (tertiary alicyclic amines) is 1. The molecule has 1 aliphatic carbocycles. The van der Waals surface area contributed by atoms with Gasteiger partial charge in [-0.05, 0) is 110 Å². The molecular formula is C34H34ClNO6. The summed E-state index contributed by atoms with van der Waals surface area (Å²) in [4.78, 5) is 39.8. The van der Waals surface area contributed by atoms with E-state index in [1.54, 1.807) is 30.3 Å². The number of benzene rings is 3. The topological polar surface area (TPSA) is 82.1 Å². The average Bonchev–Trinajstić information content (AvgIpc) is 2.98. The number of carbonyl (C=O) groups excluding carboxylic acids is 3. The molecule has 0 unspecified atom stereocenters. The Balaban J connectivity index is 1.46. The van der Waals surface area contributed by atoms with E-state index in [0.717, 1.165) is 47.6 Å². The second-order valence-corrected chi connectivity index (χ2v) is 11.0. The summed E-state index contributed by atoms with van der Waals surface area (Å²) < 4.78 is 16.6. The highest BCUT2D eigenvalue weighted by molar-refractivity contribution is 6.35. The monoisotopic (exact) mass is 587 g/mol. The molecule has 1 saturated heterocycles. The lowest BCUT2D eigenvalue weighted by Crippen LogP contribution is -2.33. The van der Waals surface area contributed by atoms with Crippen LogP contribution in [-0.2, 0) is 16.0 Å². The number of halogens is 1. The van der Waals surface area contributed by atoms with E-state index in [2.05, 4.69) is 4.90 Å². The fraction of sp³-hybridized carbons (Fsp3) is 0.324. The van der Waals surface area contributed by atoms with Crippen LogP contribution in [-0.4, -0.2) is 48.9 Å². The molecule has 1 aliphatic heterocycles. The third-order valence-corrected chi connectivity index (χ3v) is 7.87. The standard InChI is InChI=1S/C34H34ClNO6/c1-22(37)41-28-12-14-30-25(20-28)8-13-29(26-9-15-31(35)32(21-26)42-23(2)38)33(30)34(39)24-6-10-27(11-7-24)40-19-18-36-16-4-3-5-17-36/h6-7,9-12,14-15,20-21H,3-5,8,13,16-19H2,1-2H3. The minimum Gasteiger partial charge on any atom is -0.492 e. The van der Waals surface area contributed by atoms with Gasteiger partial charge >= 0.3 is 11.9 Å². The van der Waals surface area contributed by atoms with Crippen molar-refractivity contribution in [3.8, 4) is 17.2 Å². The van der Waals surface area contributed by atoms with Crippen molar-refractivity contribution in [2.45, 2.75) is 46.0 Å². The summed E-state index contributed by atoms with van der Waals surface area (Å²) in [6.07, 6.45) is 4.96. The molecule has 0 atom stereocenters. The van der Waals surface area contributed by atoms with Gasteiger partial charge in [-0.25, -0.2) is 0 Å². The van der Waals surface area contributed by atoms with Gasteiger partial charge < -0.3 is 14.2 Å². The molecule has 0 amide bonds. The Morgan fingerprint density at radius 1 is 0.810 bits per heavy atom. The van der Waals surface area contributed by atoms with Crippen molar-refractivity contribution in [3.63, 3.8) is 0 Å². The number of allylic oxidation sites excluding steroid dienone is 2. The van der Waals surface area contributed by atoms with Crippen molar-refractivity contribution < 1.29 is 28.6 Å². The lowest BCUT2D eigenvalue weighted by molar-refractivity contribution is -0.132. The van der Waals surface area contributed by atoms with Gasteiger partial charge in [0.1, 0.15) is 23.9 Å². The third kappa shape index (κ3) is 7.09. The van der Waals surface area contributed by atoms with Crippen LogP contribution in [0.1, 0.15) is 66.6 Å². The second kappa shape index (κ2) is 13.4. The summed E-state index contributed by atoms with van der Waals surface area (Å²) in [6, 6.07) is 17.8. The number of ketones is 1. The van der Waals surface area contributed by atoms with Crippen LogP contribution in [0.5, 0.6) is 17.2 Å². The molecule has 5 rings (SSSR count). The lowest BCUT2D eigenvalue weighted by Gasteiger charge is -2.26. The van der Waals surface area contributed by atoms with Gasteiger partial charge in [0.25, 0.3) is 0 Å². The van der Waals surface area contributed by atoms with Gasteiger partial charge in [0.05, 0.1) is 5.02 Å². The summed E-state index contributed by atoms with van der Waals surface area (Å²) in [6.45, 7) is 6.40. The maximum Gasteiger partial charge on any atom is 0.308 e. The van der Waals surface area contributed by atoms with E-state index in [0.29, 0.717) is 41.4 Å². The van der Waals surface area contributed by atoms with Crippen molar-refractivity contribution >= 4 is 40.5 Å². The van der Waals surface area contributed by atoms with Crippen molar-refractivity contribution in [3.05, 3.63) is 87.9 Å². The normalized spacial score (nSPS) is 15.1. The van der Waals surface area contributed by atoms with Crippen molar-refractivity contribution in [2.75, 3.05) is 26.2 Å². The summed E-state index contributed by atoms with van der Waals surface area (Å²) in [5, 5.41) is 0.306. The zero-order chi connectivity index (χ0) is 29.6. The predicted octanol–water partition coefficient (Wildman–Crippen LogP) is 6.80. The number of piperidine rings is 1. The molecule has 42 heavy (non-hydrogen) atoms. The molecule has 3 aromatic carbocycles. The van der Waals surface area contributed by atoms with Crippen LogP contribution in [0.15, 0.2) is 60.7 Å². The number of ether oxygens (including phenoxy) is 3. The van der Waals surface area contributed by atoms with E-state index >= 15 is 0 Å². The first-order chi connectivity index (χ1) is 20.3. The number of nitrogens with zero attached hydrogens (tertiary/aromatic N) is 1. The molecule has 0 saturated carbocycles. The van der Waals surface area contributed by atoms with Crippen molar-refractivity contribution in [2.24, 2.45) is 0 Å². The van der Waals surface area contributed by atoms with Gasteiger partial charge in [0.2, 0.25) is 0 Å². The number of carbonyl (C=O) groups is 3. The van der Waals surface area contributed by atoms with Gasteiger partial charge in [-0.3, -0.25) is 19.3 Å². The lowest BCUT2D eigenvalue weighted by atomic mass is 9.79. The summed E-state index contributed by atoms with van der Waals surface area (Å²) >= 11 is 6.29. The zero-order valence-electron chi connectivity index (χ0n) is 23.9. The number of aryl methyl sites for hydroxylation is 1. The number of Topliss-reactive ketones (excluding diaryl/α,β-unsaturated/α-hetero) is 1. The molecule has 0 radical (unpaired) electrons. The second-order valence-electron chi connectivity index (χ2n) is 10.6. The van der Waals surface area contributed by atoms with Gasteiger partial charge in [-0.1, -0.05) is 30.2 Å². The SMILES string of the molecule is CC(=O)Oc1ccc2c(c1)CCC(c1ccc(Cl)c(OC(C)=O)c1)=C2C(=O)c1ccc(OCCN2CCCCC2)cc1. The van der Waals surface area contributed by atoms with Crippen LogP contribution in [0.4, 0.5) is 0 Å². The van der Waals surface area contributed by atoms with E-state index < -0.39 is 11.9 Å². The molecule has 8 heteroatoms. The van der Waals surface area contributed by atoms with Crippen LogP contribution >= 0.6 is 11.6 Å². The van der Waals surface area contributed by atoms with E-state index in [4.69, 9.17) is 25.8 Å². The third-order valence-electron chi connectivity index (χ3n) is 7.56. The van der Waals surface area contributed by atoms with Gasteiger partial charge in [-0.2, -0.15) is 0 Å². The van der Waals surface area contributed by atoms with Crippen LogP contribution < -0.4 is 14.2 Å². The van der Waals surface area contributed by atoms with Crippen LogP contribution in [0, 0.1) is 0 Å². The van der Waals surface area contributed by atoms with Gasteiger partial charge in [0.15, 0.2) is 5.78 Å². The Morgan fingerprint density at radius 3 is 2.24 bits per heavy atom. The molecule has 7 nitrogen and oxygen atoms in total. The predicted molar refractivity (Wildman–Crippen MR) is 162 cm³/mol. The van der Waals surface area contributed by atoms with E-state index in [1.165, 1.54) is 33.1 Å². The van der Waals surface area contributed by atoms with Crippen LogP contribution in [0.3, 0.4) is 0 Å². The maximum atomic E-state index is 14.2. The average molecular weight is 588 g/mol. The van der Waals surface area contributed by atoms with E-state index in [1.807, 2.05) is 30.3 Å². The smallest absolute Gasteiger partial charge is 0.308 e. The molecule has 3 aromatic rings. The zero-order valence-corrected chi connectivity index (χ0v) is 24.7. The minimum atomic E-state index is -0.482. The fourth-order valence-electron chi connectivity index (χ4n) is 5.59. The van der Waals surface area contributed by atoms with Crippen molar-refractivity contribution in [1.82, 2.24) is 4.90 Å². The minimum absolute atomic E-state index is 0.143. The Labute approximate surface area is 251 Å². The molecule has 0 spiro atoms. The first-order valence-electron chi connectivity index (χ1n) is 14.3. The molecule has 1 fully saturated rings. The van der Waals surface area contributed by atoms with E-state index in [9.17, 15) is 14.4 Å². The van der Waals surface area contributed by atoms with Crippen LogP contribution in [0.2, 0.25) is 5.02 Å². The number of rotatable bonds is 9. The highest BCUT2D eigenvalue weighted by Gasteiger charge is 2.27. The molecule has 0 N–H and O–H groups in total. The van der Waals surface area contributed by atoms with E-state index in [-0.39, 0.29) is 11.5 Å². The first kappa shape index (κ1) is 29.5. The quantitative estimate of drug-likeness (QED) is 0.155. The Morgan fingerprint density at radius 2 is 1.52 bits per heavy atom. The fourth-order valence-corrected chi connectivity index (χ4v) is 5.75. The molecule has 0 bridgehead atoms. The van der Waals surface area contributed by atoms with Gasteiger partial charge in [0, 0.05) is 31.5 Å². The summed E-state index contributed by atoms with van der Waals surface area (Å²) in [7, 11) is 0. The van der Waals surface area contributed by atoms with Gasteiger partial charge in [-0.15, -0.1) is 0 Å². The number of fused-ring (bicyclic) bond motifs is 1. The number of esters is 2. The summed E-state index contributed by atoms with van der Waals surface area (Å²) in [5.41, 5.74) is 4.30. The summed E-state index contributed by atoms with van der Waals surface area (Å²) in [5.74, 6) is 0.362. The molecule has 0 aromatic heterocycles. The number of hydrogen-bond acceptors (Lipinski definition) is 7. The first-order valence-corrected chi connectivity index (χ1v) is 14.7. The number of hydrogen-bond donors (Lipinski definition) is 0. The highest BCUT2D eigenvalue weighted by Crippen LogP contribution is 2.41. The Bertz CT molecular complexity index is 1520. The largest absolute Gasteiger partial charge is 0.492 e. The Kier molecular flexibility index (Phi) is 9.40. The molecule has 1 heterocycles. The van der Waals surface area contributed by atoms with Crippen molar-refractivity contribution in [1.29, 1.82) is 0 Å². The molecular weight excluding hydrogens is 554 g/mol. The Hall–Kier alpha value is -3.94. The van der Waals surface area contributed by atoms with Crippen LogP contribution in [0.25, 0.3) is 11.1 Å². The highest BCUT2D eigenvalue weighted by atomic mass is 35.5. The molecule has 2 aliphatic rings.